The summed E-state index contributed by atoms with van der Waals surface area (Å²) < 4.78 is 0. The van der Waals surface area contributed by atoms with Crippen molar-refractivity contribution in [2.45, 2.75) is 0 Å². The molecule has 0 aliphatic heterocycles. The molecule has 0 saturated carbocycles. The zero-order chi connectivity index (χ0) is 17.1. The molecule has 0 N–H and O–H groups in total. The molecule has 0 heterocycles. The van der Waals surface area contributed by atoms with Crippen molar-refractivity contribution in [3.8, 4) is 5.75 Å². The SMILES string of the molecule is CN(C)c1ccc(C=CC(=O)c2ccc3ccccc3c2[O-])cc1.[Na+]. The van der Waals surface area contributed by atoms with Crippen LogP contribution >= 0.6 is 0 Å². The van der Waals surface area contributed by atoms with Crippen LogP contribution in [0.3, 0.4) is 0 Å². The molecule has 0 bridgehead atoms. The molecule has 0 radical (unpaired) electrons. The number of rotatable bonds is 4. The second kappa shape index (κ2) is 8.34. The summed E-state index contributed by atoms with van der Waals surface area (Å²) in [5.41, 5.74) is 2.21. The van der Waals surface area contributed by atoms with E-state index < -0.39 is 0 Å². The van der Waals surface area contributed by atoms with E-state index in [2.05, 4.69) is 0 Å². The van der Waals surface area contributed by atoms with Crippen molar-refractivity contribution in [3.05, 3.63) is 77.9 Å². The third-order valence-corrected chi connectivity index (χ3v) is 3.98. The van der Waals surface area contributed by atoms with Gasteiger partial charge >= 0.3 is 29.6 Å². The quantitative estimate of drug-likeness (QED) is 0.403. The summed E-state index contributed by atoms with van der Waals surface area (Å²) in [6, 6.07) is 18.6. The molecule has 0 saturated heterocycles. The number of carbonyl (C=O) groups excluding carboxylic acids is 1. The van der Waals surface area contributed by atoms with Crippen LogP contribution in [-0.4, -0.2) is 19.9 Å². The van der Waals surface area contributed by atoms with E-state index in [0.717, 1.165) is 16.6 Å². The summed E-state index contributed by atoms with van der Waals surface area (Å²) in [5.74, 6) is -0.492. The second-order valence-corrected chi connectivity index (χ2v) is 5.85. The smallest absolute Gasteiger partial charge is 0.872 e. The van der Waals surface area contributed by atoms with E-state index in [9.17, 15) is 9.90 Å². The first-order valence-electron chi connectivity index (χ1n) is 7.75. The summed E-state index contributed by atoms with van der Waals surface area (Å²) in [5, 5.41) is 13.9. The Hall–Kier alpha value is -2.07. The molecule has 0 aliphatic rings. The van der Waals surface area contributed by atoms with Crippen molar-refractivity contribution >= 4 is 28.3 Å². The average molecular weight is 339 g/mol. The maximum atomic E-state index is 12.4. The van der Waals surface area contributed by atoms with E-state index in [4.69, 9.17) is 0 Å². The maximum absolute atomic E-state index is 12.4. The Bertz CT molecular complexity index is 915. The predicted molar refractivity (Wildman–Crippen MR) is 97.5 cm³/mol. The van der Waals surface area contributed by atoms with Crippen molar-refractivity contribution in [3.63, 3.8) is 0 Å². The standard InChI is InChI=1S/C21H19NO2.Na/c1-22(2)17-11-7-15(8-12-17)9-14-20(23)19-13-10-16-5-3-4-6-18(16)21(19)24;/h3-14,24H,1-2H3;/q;+1/p-1. The van der Waals surface area contributed by atoms with Gasteiger partial charge in [-0.25, -0.2) is 0 Å². The third kappa shape index (κ3) is 4.31. The van der Waals surface area contributed by atoms with E-state index >= 15 is 0 Å². The minimum absolute atomic E-state index is 0. The fourth-order valence-corrected chi connectivity index (χ4v) is 2.58. The van der Waals surface area contributed by atoms with Crippen LogP contribution in [0, 0.1) is 0 Å². The monoisotopic (exact) mass is 339 g/mol. The number of hydrogen-bond donors (Lipinski definition) is 0. The van der Waals surface area contributed by atoms with Crippen LogP contribution in [0.5, 0.6) is 5.75 Å². The van der Waals surface area contributed by atoms with Gasteiger partial charge in [-0.3, -0.25) is 4.79 Å². The summed E-state index contributed by atoms with van der Waals surface area (Å²) in [7, 11) is 3.95. The maximum Gasteiger partial charge on any atom is 1.00 e. The minimum Gasteiger partial charge on any atom is -0.872 e. The van der Waals surface area contributed by atoms with E-state index in [1.54, 1.807) is 24.3 Å². The molecule has 25 heavy (non-hydrogen) atoms. The molecule has 3 rings (SSSR count). The van der Waals surface area contributed by atoms with Crippen LogP contribution in [0.1, 0.15) is 15.9 Å². The number of fused-ring (bicyclic) bond motifs is 1. The van der Waals surface area contributed by atoms with E-state index in [0.29, 0.717) is 5.39 Å². The van der Waals surface area contributed by atoms with Crippen molar-refractivity contribution in [2.75, 3.05) is 19.0 Å². The van der Waals surface area contributed by atoms with Crippen LogP contribution < -0.4 is 39.6 Å². The van der Waals surface area contributed by atoms with Gasteiger partial charge in [-0.15, -0.1) is 0 Å². The van der Waals surface area contributed by atoms with Gasteiger partial charge in [0.05, 0.1) is 0 Å². The fourth-order valence-electron chi connectivity index (χ4n) is 2.58. The zero-order valence-corrected chi connectivity index (χ0v) is 16.7. The second-order valence-electron chi connectivity index (χ2n) is 5.85. The van der Waals surface area contributed by atoms with E-state index in [1.165, 1.54) is 6.08 Å². The first kappa shape index (κ1) is 19.3. The Morgan fingerprint density at radius 1 is 0.960 bits per heavy atom. The van der Waals surface area contributed by atoms with Crippen molar-refractivity contribution < 1.29 is 39.5 Å². The molecule has 120 valence electrons. The number of allylic oxidation sites excluding steroid dienone is 1. The number of anilines is 1. The summed E-state index contributed by atoms with van der Waals surface area (Å²) in [6.45, 7) is 0. The molecule has 0 atom stereocenters. The molecule has 0 spiro atoms. The number of ketones is 1. The molecule has 3 aromatic rings. The van der Waals surface area contributed by atoms with Gasteiger partial charge < -0.3 is 10.0 Å². The normalized spacial score (nSPS) is 10.6. The van der Waals surface area contributed by atoms with Crippen LogP contribution in [0.4, 0.5) is 5.69 Å². The van der Waals surface area contributed by atoms with Gasteiger partial charge in [0.1, 0.15) is 0 Å². The van der Waals surface area contributed by atoms with Gasteiger partial charge in [-0.1, -0.05) is 60.4 Å². The fraction of sp³-hybridized carbons (Fsp3) is 0.0952. The first-order valence-corrected chi connectivity index (χ1v) is 7.75. The molecule has 3 aromatic carbocycles. The topological polar surface area (TPSA) is 43.4 Å². The summed E-state index contributed by atoms with van der Waals surface area (Å²) in [6.07, 6.45) is 3.19. The Balaban J connectivity index is 0.00000225. The van der Waals surface area contributed by atoms with Gasteiger partial charge in [-0.2, -0.15) is 0 Å². The van der Waals surface area contributed by atoms with Crippen LogP contribution in [0.25, 0.3) is 16.8 Å². The van der Waals surface area contributed by atoms with Gasteiger partial charge in [0.15, 0.2) is 5.78 Å². The Morgan fingerprint density at radius 3 is 2.32 bits per heavy atom. The molecule has 0 fully saturated rings. The molecular formula is C21H18NNaO2. The summed E-state index contributed by atoms with van der Waals surface area (Å²) >= 11 is 0. The Morgan fingerprint density at radius 2 is 1.64 bits per heavy atom. The van der Waals surface area contributed by atoms with Gasteiger partial charge in [0, 0.05) is 25.3 Å². The predicted octanol–water partition coefficient (Wildman–Crippen LogP) is 0.879. The van der Waals surface area contributed by atoms with Crippen LogP contribution in [0.2, 0.25) is 0 Å². The molecule has 3 nitrogen and oxygen atoms in total. The molecule has 4 heteroatoms. The number of hydrogen-bond acceptors (Lipinski definition) is 3. The number of benzene rings is 3. The Labute approximate surface area is 169 Å². The van der Waals surface area contributed by atoms with E-state index in [1.807, 2.05) is 61.5 Å². The minimum atomic E-state index is -0.276. The van der Waals surface area contributed by atoms with Gasteiger partial charge in [-0.05, 0) is 34.5 Å². The summed E-state index contributed by atoms with van der Waals surface area (Å²) in [4.78, 5) is 14.4. The molecule has 0 aliphatic carbocycles. The first-order chi connectivity index (χ1) is 11.6. The van der Waals surface area contributed by atoms with Crippen LogP contribution in [0.15, 0.2) is 66.7 Å². The van der Waals surface area contributed by atoms with Gasteiger partial charge in [0.25, 0.3) is 0 Å². The average Bonchev–Trinajstić information content (AvgIpc) is 2.60. The molecule has 0 aromatic heterocycles. The Kier molecular flexibility index (Phi) is 6.43. The molecule has 0 unspecified atom stereocenters. The van der Waals surface area contributed by atoms with Crippen molar-refractivity contribution in [2.24, 2.45) is 0 Å². The largest absolute Gasteiger partial charge is 1.00 e. The molecule has 0 amide bonds. The third-order valence-electron chi connectivity index (χ3n) is 3.98. The number of carbonyl (C=O) groups is 1. The van der Waals surface area contributed by atoms with Crippen molar-refractivity contribution in [1.82, 2.24) is 0 Å². The van der Waals surface area contributed by atoms with Crippen molar-refractivity contribution in [1.29, 1.82) is 0 Å². The van der Waals surface area contributed by atoms with Crippen LogP contribution in [-0.2, 0) is 0 Å². The molecular weight excluding hydrogens is 321 g/mol. The zero-order valence-electron chi connectivity index (χ0n) is 14.7. The van der Waals surface area contributed by atoms with Gasteiger partial charge in [0.2, 0.25) is 0 Å². The van der Waals surface area contributed by atoms with E-state index in [-0.39, 0.29) is 46.7 Å². The number of nitrogens with zero attached hydrogens (tertiary/aromatic N) is 1.